The summed E-state index contributed by atoms with van der Waals surface area (Å²) in [4.78, 5) is 17.1. The highest BCUT2D eigenvalue weighted by Crippen LogP contribution is 2.35. The van der Waals surface area contributed by atoms with Crippen molar-refractivity contribution in [2.75, 3.05) is 13.1 Å². The second kappa shape index (κ2) is 5.17. The van der Waals surface area contributed by atoms with Crippen molar-refractivity contribution in [3.05, 3.63) is 40.4 Å². The molecule has 0 unspecified atom stereocenters. The number of aromatic amines is 1. The first-order chi connectivity index (χ1) is 11.0. The number of hydrogen-bond acceptors (Lipinski definition) is 2. The van der Waals surface area contributed by atoms with E-state index in [1.165, 1.54) is 0 Å². The number of ether oxygens (including phenoxy) is 1. The highest BCUT2D eigenvalue weighted by Gasteiger charge is 2.22. The second-order valence-corrected chi connectivity index (χ2v) is 6.48. The molecular formula is C18H17ClN2O2. The maximum atomic E-state index is 12.0. The van der Waals surface area contributed by atoms with E-state index in [9.17, 15) is 4.79 Å². The van der Waals surface area contributed by atoms with E-state index in [4.69, 9.17) is 16.3 Å². The van der Waals surface area contributed by atoms with Crippen molar-refractivity contribution in [1.82, 2.24) is 9.88 Å². The van der Waals surface area contributed by atoms with Gasteiger partial charge in [0.2, 0.25) is 0 Å². The average molecular weight is 329 g/mol. The first kappa shape index (κ1) is 14.4. The molecule has 3 aromatic rings. The Labute approximate surface area is 139 Å². The zero-order valence-corrected chi connectivity index (χ0v) is 13.8. The summed E-state index contributed by atoms with van der Waals surface area (Å²) in [6.45, 7) is 5.65. The van der Waals surface area contributed by atoms with Crippen molar-refractivity contribution in [2.24, 2.45) is 0 Å². The number of nitrogens with one attached hydrogen (secondary N) is 1. The molecule has 1 fully saturated rings. The van der Waals surface area contributed by atoms with Gasteiger partial charge in [-0.3, -0.25) is 0 Å². The third-order valence-corrected chi connectivity index (χ3v) is 5.08. The molecule has 1 aliphatic rings. The molecule has 1 saturated heterocycles. The Balaban J connectivity index is 1.82. The number of H-pyrrole nitrogens is 1. The monoisotopic (exact) mass is 328 g/mol. The Hall–Kier alpha value is -2.20. The summed E-state index contributed by atoms with van der Waals surface area (Å²) in [6, 6.07) is 7.63. The van der Waals surface area contributed by atoms with Gasteiger partial charge in [-0.25, -0.2) is 4.79 Å². The minimum Gasteiger partial charge on any atom is -0.410 e. The molecule has 2 heterocycles. The topological polar surface area (TPSA) is 45.3 Å². The van der Waals surface area contributed by atoms with E-state index in [0.29, 0.717) is 5.75 Å². The zero-order chi connectivity index (χ0) is 16.1. The molecule has 0 saturated carbocycles. The number of aryl methyl sites for hydroxylation is 1. The summed E-state index contributed by atoms with van der Waals surface area (Å²) < 4.78 is 5.49. The quantitative estimate of drug-likeness (QED) is 0.697. The highest BCUT2D eigenvalue weighted by molar-refractivity contribution is 6.32. The Morgan fingerprint density at radius 3 is 2.65 bits per heavy atom. The summed E-state index contributed by atoms with van der Waals surface area (Å²) in [5, 5.41) is 2.93. The van der Waals surface area contributed by atoms with Gasteiger partial charge in [0.15, 0.2) is 0 Å². The van der Waals surface area contributed by atoms with E-state index >= 15 is 0 Å². The van der Waals surface area contributed by atoms with Crippen LogP contribution in [0.1, 0.15) is 17.5 Å². The van der Waals surface area contributed by atoms with E-state index in [1.807, 2.05) is 31.2 Å². The third-order valence-electron chi connectivity index (χ3n) is 4.69. The van der Waals surface area contributed by atoms with Crippen LogP contribution in [0.15, 0.2) is 24.3 Å². The number of fused-ring (bicyclic) bond motifs is 3. The third kappa shape index (κ3) is 2.25. The number of carbonyl (C=O) groups is 1. The number of amides is 1. The average Bonchev–Trinajstić information content (AvgIpc) is 2.80. The van der Waals surface area contributed by atoms with Crippen LogP contribution in [0.3, 0.4) is 0 Å². The van der Waals surface area contributed by atoms with Gasteiger partial charge in [-0.2, -0.15) is 0 Å². The van der Waals surface area contributed by atoms with Crippen molar-refractivity contribution in [1.29, 1.82) is 0 Å². The summed E-state index contributed by atoms with van der Waals surface area (Å²) in [5.74, 6) is 0.572. The van der Waals surface area contributed by atoms with Crippen LogP contribution in [0.25, 0.3) is 21.8 Å². The molecule has 4 nitrogen and oxygen atoms in total. The molecule has 0 radical (unpaired) electrons. The first-order valence-corrected chi connectivity index (χ1v) is 8.10. The van der Waals surface area contributed by atoms with Crippen molar-refractivity contribution in [2.45, 2.75) is 20.3 Å². The molecule has 0 atom stereocenters. The van der Waals surface area contributed by atoms with Gasteiger partial charge >= 0.3 is 6.09 Å². The Morgan fingerprint density at radius 2 is 1.96 bits per heavy atom. The molecule has 23 heavy (non-hydrogen) atoms. The number of aromatic nitrogens is 1. The van der Waals surface area contributed by atoms with Gasteiger partial charge in [-0.05, 0) is 55.7 Å². The number of nitrogens with zero attached hydrogens (tertiary/aromatic N) is 1. The molecule has 1 aliphatic heterocycles. The molecular weight excluding hydrogens is 312 g/mol. The number of hydrogen-bond donors (Lipinski definition) is 1. The number of carbonyl (C=O) groups excluding carboxylic acids is 1. The fourth-order valence-electron chi connectivity index (χ4n) is 3.03. The van der Waals surface area contributed by atoms with Crippen molar-refractivity contribution in [3.8, 4) is 5.75 Å². The van der Waals surface area contributed by atoms with Gasteiger partial charge in [-0.15, -0.1) is 0 Å². The lowest BCUT2D eigenvalue weighted by Crippen LogP contribution is -2.43. The summed E-state index contributed by atoms with van der Waals surface area (Å²) in [7, 11) is 0. The van der Waals surface area contributed by atoms with Gasteiger partial charge in [0.1, 0.15) is 5.75 Å². The van der Waals surface area contributed by atoms with E-state index in [1.54, 1.807) is 4.90 Å². The lowest BCUT2D eigenvalue weighted by molar-refractivity contribution is 0.125. The van der Waals surface area contributed by atoms with E-state index < -0.39 is 0 Å². The minimum absolute atomic E-state index is 0.272. The predicted octanol–water partition coefficient (Wildman–Crippen LogP) is 4.80. The van der Waals surface area contributed by atoms with Crippen molar-refractivity contribution in [3.63, 3.8) is 0 Å². The van der Waals surface area contributed by atoms with Crippen LogP contribution >= 0.6 is 11.6 Å². The minimum atomic E-state index is -0.272. The van der Waals surface area contributed by atoms with Gasteiger partial charge < -0.3 is 14.6 Å². The zero-order valence-electron chi connectivity index (χ0n) is 13.1. The molecule has 2 aromatic carbocycles. The van der Waals surface area contributed by atoms with Crippen LogP contribution in [-0.2, 0) is 0 Å². The number of rotatable bonds is 1. The molecule has 0 aliphatic carbocycles. The van der Waals surface area contributed by atoms with Crippen LogP contribution in [0.5, 0.6) is 5.75 Å². The maximum absolute atomic E-state index is 12.0. The normalized spacial score (nSPS) is 14.3. The number of likely N-dealkylation sites (tertiary alicyclic amines) is 1. The van der Waals surface area contributed by atoms with Gasteiger partial charge in [-0.1, -0.05) is 11.6 Å². The van der Waals surface area contributed by atoms with Crippen molar-refractivity contribution < 1.29 is 9.53 Å². The fourth-order valence-corrected chi connectivity index (χ4v) is 3.28. The standard InChI is InChI=1S/C18H17ClN2O2/c1-10-11(2)17-13-8-12(23-18(22)21-6-3-7-21)4-5-15(13)20-16(17)9-14(10)19/h4-5,8-9,20H,3,6-7H2,1-2H3. The van der Waals surface area contributed by atoms with Crippen LogP contribution in [-0.4, -0.2) is 29.1 Å². The Bertz CT molecular complexity index is 941. The molecule has 1 N–H and O–H groups in total. The van der Waals surface area contributed by atoms with Crippen LogP contribution in [0.2, 0.25) is 5.02 Å². The maximum Gasteiger partial charge on any atom is 0.415 e. The van der Waals surface area contributed by atoms with E-state index in [0.717, 1.165) is 57.5 Å². The lowest BCUT2D eigenvalue weighted by Gasteiger charge is -2.29. The van der Waals surface area contributed by atoms with Crippen molar-refractivity contribution >= 4 is 39.5 Å². The first-order valence-electron chi connectivity index (χ1n) is 7.72. The summed E-state index contributed by atoms with van der Waals surface area (Å²) in [6.07, 6.45) is 0.780. The van der Waals surface area contributed by atoms with Crippen LogP contribution in [0.4, 0.5) is 4.79 Å². The second-order valence-electron chi connectivity index (χ2n) is 6.07. The number of halogens is 1. The molecule has 4 rings (SSSR count). The number of benzene rings is 2. The van der Waals surface area contributed by atoms with Gasteiger partial charge in [0, 0.05) is 39.9 Å². The molecule has 1 aromatic heterocycles. The Kier molecular flexibility index (Phi) is 3.23. The van der Waals surface area contributed by atoms with Crippen LogP contribution in [0, 0.1) is 13.8 Å². The molecule has 0 spiro atoms. The Morgan fingerprint density at radius 1 is 1.17 bits per heavy atom. The summed E-state index contributed by atoms with van der Waals surface area (Å²) in [5.41, 5.74) is 4.22. The molecule has 5 heteroatoms. The van der Waals surface area contributed by atoms with Gasteiger partial charge in [0.25, 0.3) is 0 Å². The van der Waals surface area contributed by atoms with E-state index in [-0.39, 0.29) is 6.09 Å². The van der Waals surface area contributed by atoms with Gasteiger partial charge in [0.05, 0.1) is 0 Å². The molecule has 1 amide bonds. The molecule has 118 valence electrons. The van der Waals surface area contributed by atoms with Crippen LogP contribution < -0.4 is 4.74 Å². The smallest absolute Gasteiger partial charge is 0.410 e. The predicted molar refractivity (Wildman–Crippen MR) is 92.5 cm³/mol. The highest BCUT2D eigenvalue weighted by atomic mass is 35.5. The van der Waals surface area contributed by atoms with E-state index in [2.05, 4.69) is 11.9 Å². The SMILES string of the molecule is Cc1c(Cl)cc2[nH]c3ccc(OC(=O)N4CCC4)cc3c2c1C. The molecule has 0 bridgehead atoms. The largest absolute Gasteiger partial charge is 0.415 e. The fraction of sp³-hybridized carbons (Fsp3) is 0.278. The lowest BCUT2D eigenvalue weighted by atomic mass is 10.0. The summed E-state index contributed by atoms with van der Waals surface area (Å²) >= 11 is 6.28.